The van der Waals surface area contributed by atoms with Crippen LogP contribution in [0.5, 0.6) is 0 Å². The Bertz CT molecular complexity index is 624. The van der Waals surface area contributed by atoms with Gasteiger partial charge in [-0.25, -0.2) is 8.42 Å². The van der Waals surface area contributed by atoms with Crippen LogP contribution in [0.1, 0.15) is 12.0 Å². The summed E-state index contributed by atoms with van der Waals surface area (Å²) in [6.45, 7) is 2.48. The van der Waals surface area contributed by atoms with Crippen molar-refractivity contribution in [2.45, 2.75) is 18.2 Å². The van der Waals surface area contributed by atoms with Gasteiger partial charge in [0.15, 0.2) is 0 Å². The van der Waals surface area contributed by atoms with Gasteiger partial charge < -0.3 is 4.74 Å². The van der Waals surface area contributed by atoms with E-state index in [9.17, 15) is 13.2 Å². The van der Waals surface area contributed by atoms with Gasteiger partial charge in [0, 0.05) is 32.6 Å². The van der Waals surface area contributed by atoms with Crippen LogP contribution in [0.3, 0.4) is 0 Å². The van der Waals surface area contributed by atoms with Gasteiger partial charge in [-0.1, -0.05) is 30.3 Å². The molecule has 7 heteroatoms. The Balaban J connectivity index is 1.59. The molecule has 2 aliphatic heterocycles. The SMILES string of the molecule is O=C1OCC[C@@H]1N1CCN(S(=O)(=O)Cc2ccccc2)CC1. The topological polar surface area (TPSA) is 66.9 Å². The monoisotopic (exact) mass is 324 g/mol. The molecule has 0 aliphatic carbocycles. The molecule has 22 heavy (non-hydrogen) atoms. The molecular weight excluding hydrogens is 304 g/mol. The highest BCUT2D eigenvalue weighted by Crippen LogP contribution is 2.19. The Morgan fingerprint density at radius 2 is 1.77 bits per heavy atom. The van der Waals surface area contributed by atoms with E-state index in [2.05, 4.69) is 0 Å². The Hall–Kier alpha value is -1.44. The van der Waals surface area contributed by atoms with Crippen molar-refractivity contribution in [3.63, 3.8) is 0 Å². The number of carbonyl (C=O) groups is 1. The van der Waals surface area contributed by atoms with Crippen LogP contribution in [-0.2, 0) is 25.3 Å². The first-order valence-corrected chi connectivity index (χ1v) is 9.09. The van der Waals surface area contributed by atoms with E-state index in [4.69, 9.17) is 4.74 Å². The van der Waals surface area contributed by atoms with E-state index in [1.165, 1.54) is 4.31 Å². The molecular formula is C15H20N2O4S. The number of piperazine rings is 1. The van der Waals surface area contributed by atoms with Crippen LogP contribution in [0, 0.1) is 0 Å². The number of hydrogen-bond donors (Lipinski definition) is 0. The molecule has 2 aliphatic rings. The minimum Gasteiger partial charge on any atom is -0.464 e. The van der Waals surface area contributed by atoms with Crippen LogP contribution in [0.2, 0.25) is 0 Å². The molecule has 0 aromatic heterocycles. The van der Waals surface area contributed by atoms with Gasteiger partial charge in [-0.15, -0.1) is 0 Å². The summed E-state index contributed by atoms with van der Waals surface area (Å²) in [6, 6.07) is 9.00. The number of carbonyl (C=O) groups excluding carboxylic acids is 1. The van der Waals surface area contributed by atoms with Gasteiger partial charge in [-0.2, -0.15) is 4.31 Å². The number of nitrogens with zero attached hydrogens (tertiary/aromatic N) is 2. The molecule has 6 nitrogen and oxygen atoms in total. The Morgan fingerprint density at radius 1 is 1.09 bits per heavy atom. The fourth-order valence-corrected chi connectivity index (χ4v) is 4.50. The highest BCUT2D eigenvalue weighted by Gasteiger charge is 2.36. The fraction of sp³-hybridized carbons (Fsp3) is 0.533. The van der Waals surface area contributed by atoms with Crippen molar-refractivity contribution in [3.8, 4) is 0 Å². The molecule has 3 rings (SSSR count). The van der Waals surface area contributed by atoms with E-state index in [0.29, 0.717) is 39.2 Å². The number of cyclic esters (lactones) is 1. The minimum absolute atomic E-state index is 0.0271. The summed E-state index contributed by atoms with van der Waals surface area (Å²) in [5.41, 5.74) is 0.796. The second kappa shape index (κ2) is 6.36. The zero-order chi connectivity index (χ0) is 15.6. The lowest BCUT2D eigenvalue weighted by atomic mass is 10.2. The van der Waals surface area contributed by atoms with Crippen LogP contribution in [-0.4, -0.2) is 62.4 Å². The average Bonchev–Trinajstić information content (AvgIpc) is 2.94. The number of sulfonamides is 1. The lowest BCUT2D eigenvalue weighted by Gasteiger charge is -2.35. The second-order valence-electron chi connectivity index (χ2n) is 5.65. The van der Waals surface area contributed by atoms with Crippen LogP contribution in [0.15, 0.2) is 30.3 Å². The van der Waals surface area contributed by atoms with Crippen molar-refractivity contribution >= 4 is 16.0 Å². The maximum absolute atomic E-state index is 12.5. The Morgan fingerprint density at radius 3 is 2.36 bits per heavy atom. The fourth-order valence-electron chi connectivity index (χ4n) is 2.99. The predicted octanol–water partition coefficient (Wildman–Crippen LogP) is 0.450. The zero-order valence-corrected chi connectivity index (χ0v) is 13.2. The predicted molar refractivity (Wildman–Crippen MR) is 81.6 cm³/mol. The molecule has 120 valence electrons. The van der Waals surface area contributed by atoms with E-state index >= 15 is 0 Å². The molecule has 0 spiro atoms. The summed E-state index contributed by atoms with van der Waals surface area (Å²) in [5, 5.41) is 0. The maximum atomic E-state index is 12.5. The van der Waals surface area contributed by atoms with Crippen molar-refractivity contribution in [3.05, 3.63) is 35.9 Å². The normalized spacial score (nSPS) is 24.4. The van der Waals surface area contributed by atoms with Crippen LogP contribution < -0.4 is 0 Å². The number of ether oxygens (including phenoxy) is 1. The maximum Gasteiger partial charge on any atom is 0.323 e. The highest BCUT2D eigenvalue weighted by molar-refractivity contribution is 7.88. The third-order valence-electron chi connectivity index (χ3n) is 4.21. The van der Waals surface area contributed by atoms with E-state index in [1.54, 1.807) is 0 Å². The van der Waals surface area contributed by atoms with Crippen molar-refractivity contribution in [2.75, 3.05) is 32.8 Å². The lowest BCUT2D eigenvalue weighted by molar-refractivity contribution is -0.142. The van der Waals surface area contributed by atoms with Crippen LogP contribution in [0.4, 0.5) is 0 Å². The largest absolute Gasteiger partial charge is 0.464 e. The summed E-state index contributed by atoms with van der Waals surface area (Å²) in [4.78, 5) is 13.6. The summed E-state index contributed by atoms with van der Waals surface area (Å²) in [6.07, 6.45) is 0.704. The highest BCUT2D eigenvalue weighted by atomic mass is 32.2. The Kier molecular flexibility index (Phi) is 4.46. The molecule has 0 amide bonds. The molecule has 0 saturated carbocycles. The first kappa shape index (κ1) is 15.5. The van der Waals surface area contributed by atoms with Gasteiger partial charge in [0.2, 0.25) is 10.0 Å². The minimum atomic E-state index is -3.31. The summed E-state index contributed by atoms with van der Waals surface area (Å²) in [7, 11) is -3.31. The van der Waals surface area contributed by atoms with Gasteiger partial charge in [0.25, 0.3) is 0 Å². The molecule has 1 atom stereocenters. The van der Waals surface area contributed by atoms with Crippen LogP contribution in [0.25, 0.3) is 0 Å². The molecule has 0 radical (unpaired) electrons. The molecule has 2 heterocycles. The van der Waals surface area contributed by atoms with Crippen molar-refractivity contribution in [1.29, 1.82) is 0 Å². The molecule has 0 unspecified atom stereocenters. The smallest absolute Gasteiger partial charge is 0.323 e. The van der Waals surface area contributed by atoms with Gasteiger partial charge in [-0.3, -0.25) is 9.69 Å². The standard InChI is InChI=1S/C15H20N2O4S/c18-15-14(6-11-21-15)16-7-9-17(10-8-16)22(19,20)12-13-4-2-1-3-5-13/h1-5,14H,6-12H2/t14-/m0/s1. The molecule has 2 fully saturated rings. The van der Waals surface area contributed by atoms with Gasteiger partial charge in [-0.05, 0) is 5.56 Å². The molecule has 0 N–H and O–H groups in total. The van der Waals surface area contributed by atoms with Crippen molar-refractivity contribution in [2.24, 2.45) is 0 Å². The first-order chi connectivity index (χ1) is 10.6. The van der Waals surface area contributed by atoms with Crippen molar-refractivity contribution < 1.29 is 17.9 Å². The molecule has 1 aromatic carbocycles. The number of benzene rings is 1. The molecule has 2 saturated heterocycles. The van der Waals surface area contributed by atoms with E-state index < -0.39 is 10.0 Å². The van der Waals surface area contributed by atoms with E-state index in [0.717, 1.165) is 5.56 Å². The summed E-state index contributed by atoms with van der Waals surface area (Å²) < 4.78 is 31.4. The van der Waals surface area contributed by atoms with Crippen molar-refractivity contribution in [1.82, 2.24) is 9.21 Å². The lowest BCUT2D eigenvalue weighted by Crippen LogP contribution is -2.53. The number of esters is 1. The molecule has 0 bridgehead atoms. The van der Waals surface area contributed by atoms with Gasteiger partial charge >= 0.3 is 5.97 Å². The zero-order valence-electron chi connectivity index (χ0n) is 12.3. The third-order valence-corrected chi connectivity index (χ3v) is 6.06. The molecule has 1 aromatic rings. The van der Waals surface area contributed by atoms with E-state index in [1.807, 2.05) is 35.2 Å². The number of hydrogen-bond acceptors (Lipinski definition) is 5. The number of rotatable bonds is 4. The van der Waals surface area contributed by atoms with E-state index in [-0.39, 0.29) is 17.8 Å². The van der Waals surface area contributed by atoms with Crippen LogP contribution >= 0.6 is 0 Å². The van der Waals surface area contributed by atoms with Gasteiger partial charge in [0.05, 0.1) is 12.4 Å². The second-order valence-corrected chi connectivity index (χ2v) is 7.62. The summed E-state index contributed by atoms with van der Waals surface area (Å²) in [5.74, 6) is -0.153. The average molecular weight is 324 g/mol. The summed E-state index contributed by atoms with van der Waals surface area (Å²) >= 11 is 0. The third kappa shape index (κ3) is 3.31. The Labute approximate surface area is 130 Å². The first-order valence-electron chi connectivity index (χ1n) is 7.49. The quantitative estimate of drug-likeness (QED) is 0.752. The van der Waals surface area contributed by atoms with Gasteiger partial charge in [0.1, 0.15) is 6.04 Å².